The monoisotopic (exact) mass is 311 g/mol. The Bertz CT molecular complexity index is 680. The molecule has 1 aliphatic heterocycles. The maximum absolute atomic E-state index is 12.5. The fourth-order valence-corrected chi connectivity index (χ4v) is 3.97. The number of hydrogen-bond donors (Lipinski definition) is 2. The van der Waals surface area contributed by atoms with E-state index < -0.39 is 27.4 Å². The lowest BCUT2D eigenvalue weighted by molar-refractivity contribution is -0.141. The van der Waals surface area contributed by atoms with E-state index in [4.69, 9.17) is 5.73 Å². The van der Waals surface area contributed by atoms with E-state index in [9.17, 15) is 18.0 Å². The van der Waals surface area contributed by atoms with Crippen molar-refractivity contribution in [3.8, 4) is 0 Å². The minimum absolute atomic E-state index is 0.294. The zero-order valence-corrected chi connectivity index (χ0v) is 12.6. The number of rotatable bonds is 3. The summed E-state index contributed by atoms with van der Waals surface area (Å²) in [6, 6.07) is 6.41. The summed E-state index contributed by atoms with van der Waals surface area (Å²) in [5.74, 6) is -1.54. The molecule has 0 saturated carbocycles. The molecule has 114 valence electrons. The van der Waals surface area contributed by atoms with E-state index in [1.54, 1.807) is 24.3 Å². The van der Waals surface area contributed by atoms with Crippen molar-refractivity contribution < 1.29 is 18.0 Å². The SMILES string of the molecule is CC1(C)C(=O)NC(=O)CN1S(=O)(=O)Cc1ccc(N)cc1. The van der Waals surface area contributed by atoms with Crippen LogP contribution < -0.4 is 11.1 Å². The van der Waals surface area contributed by atoms with Gasteiger partial charge in [0, 0.05) is 5.69 Å². The number of piperazine rings is 1. The molecule has 0 aromatic heterocycles. The van der Waals surface area contributed by atoms with Gasteiger partial charge in [-0.1, -0.05) is 12.1 Å². The Morgan fingerprint density at radius 3 is 2.38 bits per heavy atom. The zero-order valence-electron chi connectivity index (χ0n) is 11.8. The van der Waals surface area contributed by atoms with Crippen LogP contribution in [0.2, 0.25) is 0 Å². The van der Waals surface area contributed by atoms with Crippen LogP contribution in [-0.4, -0.2) is 36.6 Å². The molecule has 7 nitrogen and oxygen atoms in total. The largest absolute Gasteiger partial charge is 0.399 e. The summed E-state index contributed by atoms with van der Waals surface area (Å²) in [5.41, 5.74) is 5.32. The Labute approximate surface area is 123 Å². The lowest BCUT2D eigenvalue weighted by atomic mass is 10.0. The molecule has 0 unspecified atom stereocenters. The van der Waals surface area contributed by atoms with E-state index in [2.05, 4.69) is 5.32 Å². The molecule has 1 saturated heterocycles. The first-order valence-corrected chi connectivity index (χ1v) is 7.93. The predicted octanol–water partition coefficient (Wildman–Crippen LogP) is -0.164. The van der Waals surface area contributed by atoms with Gasteiger partial charge in [-0.25, -0.2) is 8.42 Å². The van der Waals surface area contributed by atoms with Gasteiger partial charge in [-0.05, 0) is 31.5 Å². The Hall–Kier alpha value is -1.93. The highest BCUT2D eigenvalue weighted by atomic mass is 32.2. The molecule has 1 aromatic carbocycles. The Morgan fingerprint density at radius 1 is 1.24 bits per heavy atom. The van der Waals surface area contributed by atoms with Gasteiger partial charge in [0.05, 0.1) is 12.3 Å². The fraction of sp³-hybridized carbons (Fsp3) is 0.385. The average molecular weight is 311 g/mol. The van der Waals surface area contributed by atoms with Crippen LogP contribution in [0, 0.1) is 0 Å². The lowest BCUT2D eigenvalue weighted by Gasteiger charge is -2.38. The van der Waals surface area contributed by atoms with Crippen molar-refractivity contribution in [1.29, 1.82) is 0 Å². The summed E-state index contributed by atoms with van der Waals surface area (Å²) in [6.45, 7) is 2.57. The van der Waals surface area contributed by atoms with Crippen LogP contribution in [0.3, 0.4) is 0 Å². The first-order chi connectivity index (χ1) is 9.63. The van der Waals surface area contributed by atoms with E-state index >= 15 is 0 Å². The molecular formula is C13H17N3O4S. The summed E-state index contributed by atoms with van der Waals surface area (Å²) in [6.07, 6.45) is 0. The zero-order chi connectivity index (χ0) is 15.8. The number of amides is 2. The quantitative estimate of drug-likeness (QED) is 0.595. The number of nitrogens with two attached hydrogens (primary N) is 1. The minimum atomic E-state index is -3.81. The van der Waals surface area contributed by atoms with E-state index in [1.165, 1.54) is 13.8 Å². The van der Waals surface area contributed by atoms with E-state index in [0.29, 0.717) is 11.3 Å². The second kappa shape index (κ2) is 5.12. The highest BCUT2D eigenvalue weighted by Crippen LogP contribution is 2.24. The topological polar surface area (TPSA) is 110 Å². The first kappa shape index (κ1) is 15.5. The summed E-state index contributed by atoms with van der Waals surface area (Å²) in [4.78, 5) is 23.3. The van der Waals surface area contributed by atoms with Gasteiger partial charge in [0.25, 0.3) is 0 Å². The van der Waals surface area contributed by atoms with Gasteiger partial charge in [0.15, 0.2) is 0 Å². The maximum Gasteiger partial charge on any atom is 0.247 e. The van der Waals surface area contributed by atoms with E-state index in [-0.39, 0.29) is 12.3 Å². The lowest BCUT2D eigenvalue weighted by Crippen LogP contribution is -2.65. The number of hydrogen-bond acceptors (Lipinski definition) is 5. The third kappa shape index (κ3) is 3.06. The molecule has 0 radical (unpaired) electrons. The molecule has 2 amide bonds. The number of anilines is 1. The van der Waals surface area contributed by atoms with Crippen LogP contribution in [-0.2, 0) is 25.4 Å². The summed E-state index contributed by atoms with van der Waals surface area (Å²) in [7, 11) is -3.81. The molecule has 0 aliphatic carbocycles. The standard InChI is InChI=1S/C13H17N3O4S/c1-13(2)12(18)15-11(17)7-16(13)21(19,20)8-9-3-5-10(14)6-4-9/h3-6H,7-8,14H2,1-2H3,(H,15,17,18). The third-order valence-corrected chi connectivity index (χ3v) is 5.34. The van der Waals surface area contributed by atoms with Crippen molar-refractivity contribution in [3.05, 3.63) is 29.8 Å². The first-order valence-electron chi connectivity index (χ1n) is 6.32. The molecule has 21 heavy (non-hydrogen) atoms. The van der Waals surface area contributed by atoms with Crippen molar-refractivity contribution in [3.63, 3.8) is 0 Å². The Balaban J connectivity index is 2.31. The number of imide groups is 1. The van der Waals surface area contributed by atoms with Crippen molar-refractivity contribution >= 4 is 27.5 Å². The number of carbonyl (C=O) groups is 2. The molecule has 1 aliphatic rings. The number of nitrogens with one attached hydrogen (secondary N) is 1. The molecule has 2 rings (SSSR count). The number of carbonyl (C=O) groups excluding carboxylic acids is 2. The average Bonchev–Trinajstić information content (AvgIpc) is 2.36. The van der Waals surface area contributed by atoms with Crippen LogP contribution >= 0.6 is 0 Å². The second-order valence-electron chi connectivity index (χ2n) is 5.44. The summed E-state index contributed by atoms with van der Waals surface area (Å²) in [5, 5.41) is 2.14. The molecule has 0 bridgehead atoms. The van der Waals surface area contributed by atoms with E-state index in [1.807, 2.05) is 0 Å². The summed E-state index contributed by atoms with van der Waals surface area (Å²) >= 11 is 0. The molecule has 8 heteroatoms. The van der Waals surface area contributed by atoms with Crippen LogP contribution in [0.25, 0.3) is 0 Å². The Kier molecular flexibility index (Phi) is 3.77. The number of nitrogens with zero attached hydrogens (tertiary/aromatic N) is 1. The third-order valence-electron chi connectivity index (χ3n) is 3.38. The Morgan fingerprint density at radius 2 is 1.81 bits per heavy atom. The molecule has 3 N–H and O–H groups in total. The molecule has 0 atom stereocenters. The summed E-state index contributed by atoms with van der Waals surface area (Å²) < 4.78 is 26.0. The fourth-order valence-electron chi connectivity index (χ4n) is 2.11. The van der Waals surface area contributed by atoms with Gasteiger partial charge < -0.3 is 5.73 Å². The number of nitrogen functional groups attached to an aromatic ring is 1. The predicted molar refractivity (Wildman–Crippen MR) is 77.4 cm³/mol. The molecular weight excluding hydrogens is 294 g/mol. The van der Waals surface area contributed by atoms with Crippen LogP contribution in [0.4, 0.5) is 5.69 Å². The smallest absolute Gasteiger partial charge is 0.247 e. The van der Waals surface area contributed by atoms with Gasteiger partial charge in [0.2, 0.25) is 21.8 Å². The molecule has 1 aromatic rings. The van der Waals surface area contributed by atoms with Gasteiger partial charge in [0.1, 0.15) is 5.54 Å². The van der Waals surface area contributed by atoms with Crippen molar-refractivity contribution in [2.75, 3.05) is 12.3 Å². The van der Waals surface area contributed by atoms with Crippen LogP contribution in [0.15, 0.2) is 24.3 Å². The number of benzene rings is 1. The normalized spacial score (nSPS) is 19.3. The van der Waals surface area contributed by atoms with Crippen molar-refractivity contribution in [1.82, 2.24) is 9.62 Å². The van der Waals surface area contributed by atoms with Gasteiger partial charge in [-0.2, -0.15) is 4.31 Å². The van der Waals surface area contributed by atoms with Gasteiger partial charge in [-0.15, -0.1) is 0 Å². The van der Waals surface area contributed by atoms with Crippen LogP contribution in [0.1, 0.15) is 19.4 Å². The van der Waals surface area contributed by atoms with Crippen molar-refractivity contribution in [2.45, 2.75) is 25.1 Å². The van der Waals surface area contributed by atoms with Crippen molar-refractivity contribution in [2.24, 2.45) is 0 Å². The molecule has 0 spiro atoms. The highest BCUT2D eigenvalue weighted by molar-refractivity contribution is 7.88. The van der Waals surface area contributed by atoms with E-state index in [0.717, 1.165) is 4.31 Å². The maximum atomic E-state index is 12.5. The molecule has 1 fully saturated rings. The molecule has 1 heterocycles. The van der Waals surface area contributed by atoms with Crippen LogP contribution in [0.5, 0.6) is 0 Å². The van der Waals surface area contributed by atoms with Gasteiger partial charge >= 0.3 is 0 Å². The van der Waals surface area contributed by atoms with Gasteiger partial charge in [-0.3, -0.25) is 14.9 Å². The second-order valence-corrected chi connectivity index (χ2v) is 7.33. The highest BCUT2D eigenvalue weighted by Gasteiger charge is 2.46. The number of sulfonamides is 1. The minimum Gasteiger partial charge on any atom is -0.399 e.